The van der Waals surface area contributed by atoms with Gasteiger partial charge < -0.3 is 5.32 Å². The molecular formula is C13H17Cl3F4N2. The summed E-state index contributed by atoms with van der Waals surface area (Å²) < 4.78 is 52.4. The van der Waals surface area contributed by atoms with Crippen LogP contribution >= 0.6 is 36.4 Å². The van der Waals surface area contributed by atoms with Crippen molar-refractivity contribution in [2.75, 3.05) is 26.2 Å². The SMILES string of the molecule is C[C@H](c1cc(C(F)(F)F)cc(Cl)c1F)N1CCNCC1.Cl.Cl. The number of piperazine rings is 1. The molecule has 22 heavy (non-hydrogen) atoms. The number of hydrogen-bond donors (Lipinski definition) is 1. The molecule has 9 heteroatoms. The standard InChI is InChI=1S/C13H15ClF4N2.2ClH/c1-8(20-4-2-19-3-5-20)10-6-9(13(16,17)18)7-11(14)12(10)15;;/h6-8,19H,2-5H2,1H3;2*1H/t8-;;/m1../s1. The first-order valence-corrected chi connectivity index (χ1v) is 6.69. The average Bonchev–Trinajstić information content (AvgIpc) is 2.40. The predicted octanol–water partition coefficient (Wildman–Crippen LogP) is 4.31. The summed E-state index contributed by atoms with van der Waals surface area (Å²) in [6.45, 7) is 4.49. The van der Waals surface area contributed by atoms with Crippen LogP contribution in [0.25, 0.3) is 0 Å². The third-order valence-electron chi connectivity index (χ3n) is 3.53. The van der Waals surface area contributed by atoms with Gasteiger partial charge in [0.2, 0.25) is 0 Å². The fraction of sp³-hybridized carbons (Fsp3) is 0.538. The highest BCUT2D eigenvalue weighted by Crippen LogP contribution is 2.36. The molecule has 128 valence electrons. The van der Waals surface area contributed by atoms with Crippen molar-refractivity contribution >= 4 is 36.4 Å². The van der Waals surface area contributed by atoms with Crippen molar-refractivity contribution < 1.29 is 17.6 Å². The molecule has 1 N–H and O–H groups in total. The first-order valence-electron chi connectivity index (χ1n) is 6.31. The zero-order chi connectivity index (χ0) is 14.9. The Morgan fingerprint density at radius 2 is 1.73 bits per heavy atom. The van der Waals surface area contributed by atoms with Crippen LogP contribution in [0.15, 0.2) is 12.1 Å². The van der Waals surface area contributed by atoms with Crippen LogP contribution in [0.4, 0.5) is 17.6 Å². The van der Waals surface area contributed by atoms with E-state index in [0.29, 0.717) is 19.2 Å². The minimum atomic E-state index is -4.53. The van der Waals surface area contributed by atoms with Crippen LogP contribution in [0.3, 0.4) is 0 Å². The van der Waals surface area contributed by atoms with E-state index in [-0.39, 0.29) is 30.4 Å². The van der Waals surface area contributed by atoms with E-state index in [1.54, 1.807) is 6.92 Å². The van der Waals surface area contributed by atoms with E-state index < -0.39 is 28.6 Å². The largest absolute Gasteiger partial charge is 0.416 e. The van der Waals surface area contributed by atoms with Gasteiger partial charge in [0.15, 0.2) is 0 Å². The van der Waals surface area contributed by atoms with Crippen molar-refractivity contribution in [1.29, 1.82) is 0 Å². The second-order valence-electron chi connectivity index (χ2n) is 4.82. The number of alkyl halides is 3. The maximum absolute atomic E-state index is 14.0. The molecule has 1 saturated heterocycles. The minimum Gasteiger partial charge on any atom is -0.314 e. The van der Waals surface area contributed by atoms with Crippen molar-refractivity contribution in [3.63, 3.8) is 0 Å². The van der Waals surface area contributed by atoms with Gasteiger partial charge in [-0.2, -0.15) is 13.2 Å². The third kappa shape index (κ3) is 4.86. The molecule has 0 saturated carbocycles. The maximum Gasteiger partial charge on any atom is 0.416 e. The van der Waals surface area contributed by atoms with Gasteiger partial charge >= 0.3 is 6.18 Å². The Kier molecular flexibility index (Phi) is 8.44. The zero-order valence-electron chi connectivity index (χ0n) is 11.7. The van der Waals surface area contributed by atoms with E-state index >= 15 is 0 Å². The molecule has 2 nitrogen and oxygen atoms in total. The maximum atomic E-state index is 14.0. The van der Waals surface area contributed by atoms with E-state index in [4.69, 9.17) is 11.6 Å². The van der Waals surface area contributed by atoms with Crippen molar-refractivity contribution in [1.82, 2.24) is 10.2 Å². The van der Waals surface area contributed by atoms with Gasteiger partial charge in [-0.3, -0.25) is 4.90 Å². The molecule has 1 aliphatic heterocycles. The molecule has 0 amide bonds. The smallest absolute Gasteiger partial charge is 0.314 e. The highest BCUT2D eigenvalue weighted by atomic mass is 35.5. The molecule has 1 fully saturated rings. The number of halogens is 7. The molecule has 0 aliphatic carbocycles. The molecule has 2 rings (SSSR count). The van der Waals surface area contributed by atoms with Crippen molar-refractivity contribution in [3.8, 4) is 0 Å². The summed E-state index contributed by atoms with van der Waals surface area (Å²) in [5, 5.41) is 2.65. The monoisotopic (exact) mass is 382 g/mol. The summed E-state index contributed by atoms with van der Waals surface area (Å²) in [6, 6.07) is 1.04. The Labute approximate surface area is 144 Å². The van der Waals surface area contributed by atoms with Crippen LogP contribution in [-0.4, -0.2) is 31.1 Å². The summed E-state index contributed by atoms with van der Waals surface area (Å²) in [5.41, 5.74) is -0.924. The van der Waals surface area contributed by atoms with Crippen LogP contribution in [0.2, 0.25) is 5.02 Å². The number of rotatable bonds is 2. The molecular weight excluding hydrogens is 367 g/mol. The van der Waals surface area contributed by atoms with E-state index in [9.17, 15) is 17.6 Å². The van der Waals surface area contributed by atoms with E-state index in [1.165, 1.54) is 0 Å². The molecule has 1 heterocycles. The van der Waals surface area contributed by atoms with Gasteiger partial charge in [-0.1, -0.05) is 11.6 Å². The van der Waals surface area contributed by atoms with E-state index in [2.05, 4.69) is 5.32 Å². The molecule has 0 spiro atoms. The Bertz CT molecular complexity index is 491. The lowest BCUT2D eigenvalue weighted by Gasteiger charge is -2.33. The molecule has 1 aromatic rings. The van der Waals surface area contributed by atoms with Crippen molar-refractivity contribution in [2.24, 2.45) is 0 Å². The van der Waals surface area contributed by atoms with Gasteiger partial charge in [-0.15, -0.1) is 24.8 Å². The van der Waals surface area contributed by atoms with Gasteiger partial charge in [-0.25, -0.2) is 4.39 Å². The number of nitrogens with zero attached hydrogens (tertiary/aromatic N) is 1. The predicted molar refractivity (Wildman–Crippen MR) is 83.8 cm³/mol. The fourth-order valence-corrected chi connectivity index (χ4v) is 2.57. The van der Waals surface area contributed by atoms with Gasteiger partial charge in [0.1, 0.15) is 5.82 Å². The molecule has 1 atom stereocenters. The minimum absolute atomic E-state index is 0. The number of benzene rings is 1. The third-order valence-corrected chi connectivity index (χ3v) is 3.81. The topological polar surface area (TPSA) is 15.3 Å². The van der Waals surface area contributed by atoms with Crippen LogP contribution in [0.5, 0.6) is 0 Å². The van der Waals surface area contributed by atoms with Crippen LogP contribution in [-0.2, 0) is 6.18 Å². The van der Waals surface area contributed by atoms with Gasteiger partial charge in [0.05, 0.1) is 10.6 Å². The molecule has 1 aromatic carbocycles. The summed E-state index contributed by atoms with van der Waals surface area (Å²) >= 11 is 5.60. The second-order valence-corrected chi connectivity index (χ2v) is 5.23. The van der Waals surface area contributed by atoms with E-state index in [1.807, 2.05) is 4.90 Å². The number of hydrogen-bond acceptors (Lipinski definition) is 2. The quantitative estimate of drug-likeness (QED) is 0.766. The molecule has 0 bridgehead atoms. The molecule has 0 aromatic heterocycles. The summed E-state index contributed by atoms with van der Waals surface area (Å²) in [4.78, 5) is 1.94. The van der Waals surface area contributed by atoms with Crippen LogP contribution < -0.4 is 5.32 Å². The summed E-state index contributed by atoms with van der Waals surface area (Å²) in [6.07, 6.45) is -4.53. The Balaban J connectivity index is 0.00000220. The van der Waals surface area contributed by atoms with Gasteiger partial charge in [0, 0.05) is 37.8 Å². The lowest BCUT2D eigenvalue weighted by molar-refractivity contribution is -0.137. The Morgan fingerprint density at radius 1 is 1.18 bits per heavy atom. The van der Waals surface area contributed by atoms with Crippen LogP contribution in [0.1, 0.15) is 24.1 Å². The molecule has 0 unspecified atom stereocenters. The van der Waals surface area contributed by atoms with E-state index in [0.717, 1.165) is 19.2 Å². The Hall–Kier alpha value is -0.270. The zero-order valence-corrected chi connectivity index (χ0v) is 14.1. The van der Waals surface area contributed by atoms with Crippen molar-refractivity contribution in [2.45, 2.75) is 19.1 Å². The Morgan fingerprint density at radius 3 is 2.23 bits per heavy atom. The summed E-state index contributed by atoms with van der Waals surface area (Å²) in [7, 11) is 0. The normalized spacial score (nSPS) is 17.4. The average molecular weight is 384 g/mol. The first kappa shape index (κ1) is 21.7. The van der Waals surface area contributed by atoms with Crippen molar-refractivity contribution in [3.05, 3.63) is 34.1 Å². The van der Waals surface area contributed by atoms with Crippen LogP contribution in [0, 0.1) is 5.82 Å². The molecule has 1 aliphatic rings. The van der Waals surface area contributed by atoms with Gasteiger partial charge in [-0.05, 0) is 19.1 Å². The second kappa shape index (κ2) is 8.55. The summed E-state index contributed by atoms with van der Waals surface area (Å²) in [5.74, 6) is -0.773. The fourth-order valence-electron chi connectivity index (χ4n) is 2.34. The highest BCUT2D eigenvalue weighted by molar-refractivity contribution is 6.30. The number of nitrogens with one attached hydrogen (secondary N) is 1. The first-order chi connectivity index (χ1) is 9.30. The van der Waals surface area contributed by atoms with Gasteiger partial charge in [0.25, 0.3) is 0 Å². The molecule has 0 radical (unpaired) electrons. The lowest BCUT2D eigenvalue weighted by Crippen LogP contribution is -2.44. The lowest BCUT2D eigenvalue weighted by atomic mass is 10.0. The highest BCUT2D eigenvalue weighted by Gasteiger charge is 2.33.